The van der Waals surface area contributed by atoms with E-state index in [9.17, 15) is 22.8 Å². The number of carbonyl (C=O) groups excluding carboxylic acids is 3. The molecule has 2 rings (SSSR count). The van der Waals surface area contributed by atoms with Crippen molar-refractivity contribution >= 4 is 33.4 Å². The number of anilines is 1. The average Bonchev–Trinajstić information content (AvgIpc) is 2.65. The van der Waals surface area contributed by atoms with Gasteiger partial charge in [-0.3, -0.25) is 14.4 Å². The number of carbonyl (C=O) groups is 3. The fourth-order valence-electron chi connectivity index (χ4n) is 2.22. The number of esters is 1. The molecule has 8 nitrogen and oxygen atoms in total. The SMILES string of the molecule is CC(=O)c1ccc(S(=O)(=O)NCC(=O)OCC(=O)Nc2cccc(C)c2)cc1. The van der Waals surface area contributed by atoms with Crippen LogP contribution < -0.4 is 10.0 Å². The molecule has 0 fully saturated rings. The molecule has 2 aromatic carbocycles. The van der Waals surface area contributed by atoms with Gasteiger partial charge in [-0.15, -0.1) is 0 Å². The third kappa shape index (κ3) is 6.29. The second-order valence-electron chi connectivity index (χ2n) is 5.98. The van der Waals surface area contributed by atoms with Crippen molar-refractivity contribution in [1.82, 2.24) is 4.72 Å². The summed E-state index contributed by atoms with van der Waals surface area (Å²) in [6.07, 6.45) is 0. The first-order chi connectivity index (χ1) is 13.2. The van der Waals surface area contributed by atoms with Crippen LogP contribution in [0.5, 0.6) is 0 Å². The Kier molecular flexibility index (Phi) is 7.02. The van der Waals surface area contributed by atoms with Crippen molar-refractivity contribution in [3.8, 4) is 0 Å². The van der Waals surface area contributed by atoms with E-state index >= 15 is 0 Å². The summed E-state index contributed by atoms with van der Waals surface area (Å²) in [7, 11) is -3.95. The smallest absolute Gasteiger partial charge is 0.321 e. The molecular weight excluding hydrogens is 384 g/mol. The monoisotopic (exact) mass is 404 g/mol. The topological polar surface area (TPSA) is 119 Å². The second-order valence-corrected chi connectivity index (χ2v) is 7.75. The number of ether oxygens (including phenoxy) is 1. The van der Waals surface area contributed by atoms with Crippen LogP contribution in [-0.4, -0.2) is 39.2 Å². The number of hydrogen-bond acceptors (Lipinski definition) is 6. The van der Waals surface area contributed by atoms with Gasteiger partial charge in [0, 0.05) is 11.3 Å². The molecule has 9 heteroatoms. The van der Waals surface area contributed by atoms with Gasteiger partial charge in [-0.1, -0.05) is 24.3 Å². The standard InChI is InChI=1S/C19H20N2O6S/c1-13-4-3-5-16(10-13)21-18(23)12-27-19(24)11-20-28(25,26)17-8-6-15(7-9-17)14(2)22/h3-10,20H,11-12H2,1-2H3,(H,21,23). The van der Waals surface area contributed by atoms with Gasteiger partial charge in [0.15, 0.2) is 12.4 Å². The van der Waals surface area contributed by atoms with Gasteiger partial charge in [-0.2, -0.15) is 4.72 Å². The molecule has 0 radical (unpaired) electrons. The van der Waals surface area contributed by atoms with E-state index in [1.54, 1.807) is 18.2 Å². The van der Waals surface area contributed by atoms with Crippen LogP contribution in [0.3, 0.4) is 0 Å². The maximum atomic E-state index is 12.1. The zero-order valence-electron chi connectivity index (χ0n) is 15.4. The Morgan fingerprint density at radius 2 is 1.71 bits per heavy atom. The molecule has 1 amide bonds. The van der Waals surface area contributed by atoms with Crippen LogP contribution in [0.15, 0.2) is 53.4 Å². The predicted molar refractivity (Wildman–Crippen MR) is 102 cm³/mol. The Balaban J connectivity index is 1.82. The summed E-state index contributed by atoms with van der Waals surface area (Å²) in [5.74, 6) is -1.63. The van der Waals surface area contributed by atoms with E-state index in [0.29, 0.717) is 11.3 Å². The molecule has 2 N–H and O–H groups in total. The van der Waals surface area contributed by atoms with Gasteiger partial charge in [0.1, 0.15) is 6.54 Å². The minimum atomic E-state index is -3.95. The molecule has 148 valence electrons. The second kappa shape index (κ2) is 9.25. The summed E-state index contributed by atoms with van der Waals surface area (Å²) in [6, 6.07) is 12.4. The average molecular weight is 404 g/mol. The van der Waals surface area contributed by atoms with Crippen LogP contribution in [0.4, 0.5) is 5.69 Å². The minimum absolute atomic E-state index is 0.0949. The Labute approximate surface area is 163 Å². The predicted octanol–water partition coefficient (Wildman–Crippen LogP) is 1.66. The van der Waals surface area contributed by atoms with E-state index in [1.165, 1.54) is 31.2 Å². The summed E-state index contributed by atoms with van der Waals surface area (Å²) >= 11 is 0. The number of rotatable bonds is 8. The lowest BCUT2D eigenvalue weighted by atomic mass is 10.2. The van der Waals surface area contributed by atoms with Crippen molar-refractivity contribution in [2.75, 3.05) is 18.5 Å². The number of benzene rings is 2. The summed E-state index contributed by atoms with van der Waals surface area (Å²) in [4.78, 5) is 34.6. The Hall–Kier alpha value is -3.04. The van der Waals surface area contributed by atoms with Gasteiger partial charge in [0.2, 0.25) is 10.0 Å². The van der Waals surface area contributed by atoms with Gasteiger partial charge in [0.05, 0.1) is 4.90 Å². The van der Waals surface area contributed by atoms with E-state index in [0.717, 1.165) is 5.56 Å². The highest BCUT2D eigenvalue weighted by molar-refractivity contribution is 7.89. The van der Waals surface area contributed by atoms with E-state index in [4.69, 9.17) is 4.74 Å². The Morgan fingerprint density at radius 3 is 2.32 bits per heavy atom. The van der Waals surface area contributed by atoms with Crippen LogP contribution >= 0.6 is 0 Å². The van der Waals surface area contributed by atoms with Crippen molar-refractivity contribution in [2.24, 2.45) is 0 Å². The quantitative estimate of drug-likeness (QED) is 0.510. The molecule has 0 aliphatic heterocycles. The minimum Gasteiger partial charge on any atom is -0.455 e. The summed E-state index contributed by atoms with van der Waals surface area (Å²) in [5.41, 5.74) is 1.90. The molecule has 0 heterocycles. The highest BCUT2D eigenvalue weighted by Gasteiger charge is 2.17. The summed E-state index contributed by atoms with van der Waals surface area (Å²) < 4.78 is 31.1. The molecule has 0 saturated carbocycles. The number of nitrogens with one attached hydrogen (secondary N) is 2. The van der Waals surface area contributed by atoms with Crippen molar-refractivity contribution in [3.63, 3.8) is 0 Å². The molecule has 0 unspecified atom stereocenters. The van der Waals surface area contributed by atoms with Crippen molar-refractivity contribution < 1.29 is 27.5 Å². The van der Waals surface area contributed by atoms with Crippen molar-refractivity contribution in [2.45, 2.75) is 18.7 Å². The largest absolute Gasteiger partial charge is 0.455 e. The highest BCUT2D eigenvalue weighted by atomic mass is 32.2. The first-order valence-corrected chi connectivity index (χ1v) is 9.78. The van der Waals surface area contributed by atoms with Crippen LogP contribution in [0, 0.1) is 6.92 Å². The zero-order valence-corrected chi connectivity index (χ0v) is 16.2. The Morgan fingerprint density at radius 1 is 1.04 bits per heavy atom. The number of amides is 1. The van der Waals surface area contributed by atoms with Crippen LogP contribution in [-0.2, 0) is 24.3 Å². The van der Waals surface area contributed by atoms with Gasteiger partial charge < -0.3 is 10.1 Å². The summed E-state index contributed by atoms with van der Waals surface area (Å²) in [5, 5.41) is 2.57. The van der Waals surface area contributed by atoms with Gasteiger partial charge in [0.25, 0.3) is 5.91 Å². The van der Waals surface area contributed by atoms with E-state index in [-0.39, 0.29) is 10.7 Å². The van der Waals surface area contributed by atoms with Crippen LogP contribution in [0.1, 0.15) is 22.8 Å². The highest BCUT2D eigenvalue weighted by Crippen LogP contribution is 2.11. The first kappa shape index (κ1) is 21.3. The molecule has 0 bridgehead atoms. The lowest BCUT2D eigenvalue weighted by Crippen LogP contribution is -2.32. The third-order valence-corrected chi connectivity index (χ3v) is 5.06. The molecule has 0 spiro atoms. The molecule has 0 aromatic heterocycles. The fourth-order valence-corrected chi connectivity index (χ4v) is 3.19. The van der Waals surface area contributed by atoms with Crippen LogP contribution in [0.2, 0.25) is 0 Å². The van der Waals surface area contributed by atoms with Gasteiger partial charge in [-0.05, 0) is 43.7 Å². The van der Waals surface area contributed by atoms with E-state index < -0.39 is 35.1 Å². The molecule has 28 heavy (non-hydrogen) atoms. The lowest BCUT2D eigenvalue weighted by Gasteiger charge is -2.09. The molecule has 0 atom stereocenters. The van der Waals surface area contributed by atoms with Crippen molar-refractivity contribution in [3.05, 3.63) is 59.7 Å². The van der Waals surface area contributed by atoms with Gasteiger partial charge >= 0.3 is 5.97 Å². The summed E-state index contributed by atoms with van der Waals surface area (Å²) in [6.45, 7) is 2.07. The number of ketones is 1. The normalized spacial score (nSPS) is 10.9. The molecule has 2 aromatic rings. The molecule has 0 saturated heterocycles. The maximum absolute atomic E-state index is 12.1. The number of hydrogen-bond donors (Lipinski definition) is 2. The molecule has 0 aliphatic rings. The fraction of sp³-hybridized carbons (Fsp3) is 0.211. The Bertz CT molecular complexity index is 984. The first-order valence-electron chi connectivity index (χ1n) is 8.30. The van der Waals surface area contributed by atoms with E-state index in [2.05, 4.69) is 10.0 Å². The third-order valence-electron chi connectivity index (χ3n) is 3.64. The number of aryl methyl sites for hydroxylation is 1. The van der Waals surface area contributed by atoms with E-state index in [1.807, 2.05) is 13.0 Å². The lowest BCUT2D eigenvalue weighted by molar-refractivity contribution is -0.146. The maximum Gasteiger partial charge on any atom is 0.321 e. The van der Waals surface area contributed by atoms with Gasteiger partial charge in [-0.25, -0.2) is 8.42 Å². The molecular formula is C19H20N2O6S. The number of sulfonamides is 1. The zero-order chi connectivity index (χ0) is 20.7. The van der Waals surface area contributed by atoms with Crippen LogP contribution in [0.25, 0.3) is 0 Å². The molecule has 0 aliphatic carbocycles. The van der Waals surface area contributed by atoms with Crippen molar-refractivity contribution in [1.29, 1.82) is 0 Å². The number of Topliss-reactive ketones (excluding diaryl/α,β-unsaturated/α-hetero) is 1.